The maximum absolute atomic E-state index is 5.86. The van der Waals surface area contributed by atoms with Crippen LogP contribution < -0.4 is 15.1 Å². The Balaban J connectivity index is 1.81. The summed E-state index contributed by atoms with van der Waals surface area (Å²) < 4.78 is 7.66. The van der Waals surface area contributed by atoms with Crippen LogP contribution in [-0.2, 0) is 11.3 Å². The van der Waals surface area contributed by atoms with E-state index in [4.69, 9.17) is 17.0 Å². The fourth-order valence-electron chi connectivity index (χ4n) is 4.51. The molecule has 1 fully saturated rings. The number of ether oxygens (including phenoxy) is 1. The Morgan fingerprint density at radius 2 is 1.88 bits per heavy atom. The van der Waals surface area contributed by atoms with E-state index in [1.165, 1.54) is 17.0 Å². The molecule has 1 aliphatic rings. The van der Waals surface area contributed by atoms with Crippen LogP contribution >= 0.6 is 12.2 Å². The van der Waals surface area contributed by atoms with Gasteiger partial charge >= 0.3 is 0 Å². The molecule has 1 N–H and O–H groups in total. The minimum absolute atomic E-state index is 0.00917. The highest BCUT2D eigenvalue weighted by Crippen LogP contribution is 2.43. The van der Waals surface area contributed by atoms with Crippen LogP contribution in [0.4, 0.5) is 11.4 Å². The van der Waals surface area contributed by atoms with Gasteiger partial charge in [0.15, 0.2) is 5.11 Å². The SMILES string of the molecule is COCCn1c(C)cc(C2C(c3ccccn3)NC(=S)N2c2ccc(N(C)C)cc2)c1C. The van der Waals surface area contributed by atoms with E-state index >= 15 is 0 Å². The van der Waals surface area contributed by atoms with E-state index in [-0.39, 0.29) is 12.1 Å². The molecule has 7 heteroatoms. The van der Waals surface area contributed by atoms with Gasteiger partial charge in [0.05, 0.1) is 24.4 Å². The van der Waals surface area contributed by atoms with E-state index in [1.807, 2.05) is 32.4 Å². The van der Waals surface area contributed by atoms with Crippen molar-refractivity contribution in [2.24, 2.45) is 0 Å². The Morgan fingerprint density at radius 3 is 2.50 bits per heavy atom. The molecular formula is C25H31N5OS. The van der Waals surface area contributed by atoms with Crippen LogP contribution in [0.5, 0.6) is 0 Å². The van der Waals surface area contributed by atoms with E-state index in [2.05, 4.69) is 74.9 Å². The van der Waals surface area contributed by atoms with Crippen molar-refractivity contribution in [2.75, 3.05) is 37.6 Å². The summed E-state index contributed by atoms with van der Waals surface area (Å²) in [4.78, 5) is 8.99. The first-order valence-electron chi connectivity index (χ1n) is 10.9. The largest absolute Gasteiger partial charge is 0.383 e. The number of anilines is 2. The van der Waals surface area contributed by atoms with Crippen LogP contribution in [0.15, 0.2) is 54.7 Å². The van der Waals surface area contributed by atoms with Crippen LogP contribution in [0.25, 0.3) is 0 Å². The van der Waals surface area contributed by atoms with Crippen LogP contribution in [0.3, 0.4) is 0 Å². The van der Waals surface area contributed by atoms with Crippen molar-refractivity contribution in [2.45, 2.75) is 32.5 Å². The number of nitrogens with one attached hydrogen (secondary N) is 1. The third-order valence-electron chi connectivity index (χ3n) is 6.19. The number of methoxy groups -OCH3 is 1. The predicted octanol–water partition coefficient (Wildman–Crippen LogP) is 4.39. The Labute approximate surface area is 195 Å². The van der Waals surface area contributed by atoms with Crippen LogP contribution in [0, 0.1) is 13.8 Å². The van der Waals surface area contributed by atoms with Gasteiger partial charge in [0, 0.05) is 56.7 Å². The van der Waals surface area contributed by atoms with Crippen molar-refractivity contribution < 1.29 is 4.74 Å². The normalized spacial score (nSPS) is 18.2. The molecule has 1 saturated heterocycles. The van der Waals surface area contributed by atoms with E-state index in [0.717, 1.165) is 23.6 Å². The number of benzene rings is 1. The van der Waals surface area contributed by atoms with E-state index in [1.54, 1.807) is 7.11 Å². The second-order valence-electron chi connectivity index (χ2n) is 8.38. The Kier molecular flexibility index (Phi) is 6.48. The molecule has 2 aromatic heterocycles. The van der Waals surface area contributed by atoms with E-state index in [9.17, 15) is 0 Å². The molecule has 2 atom stereocenters. The molecule has 1 aliphatic heterocycles. The van der Waals surface area contributed by atoms with Gasteiger partial charge in [-0.05, 0) is 74.1 Å². The second-order valence-corrected chi connectivity index (χ2v) is 8.77. The molecule has 0 bridgehead atoms. The van der Waals surface area contributed by atoms with Crippen LogP contribution in [0.1, 0.15) is 34.7 Å². The molecule has 6 nitrogen and oxygen atoms in total. The van der Waals surface area contributed by atoms with Gasteiger partial charge < -0.3 is 24.4 Å². The van der Waals surface area contributed by atoms with Gasteiger partial charge in [-0.1, -0.05) is 6.07 Å². The lowest BCUT2D eigenvalue weighted by molar-refractivity contribution is 0.186. The average molecular weight is 450 g/mol. The summed E-state index contributed by atoms with van der Waals surface area (Å²) in [5.41, 5.74) is 6.90. The summed E-state index contributed by atoms with van der Waals surface area (Å²) in [7, 11) is 5.84. The number of aromatic nitrogens is 2. The number of rotatable bonds is 7. The Morgan fingerprint density at radius 1 is 1.12 bits per heavy atom. The summed E-state index contributed by atoms with van der Waals surface area (Å²) in [6.45, 7) is 5.84. The predicted molar refractivity (Wildman–Crippen MR) is 134 cm³/mol. The standard InChI is InChI=1S/C25H31N5OS/c1-17-16-21(18(2)29(17)14-15-31-5)24-23(22-8-6-7-13-26-22)27-25(32)30(24)20-11-9-19(10-12-20)28(3)4/h6-13,16,23-24H,14-15H2,1-5H3,(H,27,32). The van der Waals surface area contributed by atoms with Gasteiger partial charge in [0.1, 0.15) is 0 Å². The summed E-state index contributed by atoms with van der Waals surface area (Å²) >= 11 is 5.86. The fraction of sp³-hybridized carbons (Fsp3) is 0.360. The van der Waals surface area contributed by atoms with Crippen LogP contribution in [0.2, 0.25) is 0 Å². The third-order valence-corrected chi connectivity index (χ3v) is 6.51. The summed E-state index contributed by atoms with van der Waals surface area (Å²) in [6.07, 6.45) is 1.84. The molecule has 168 valence electrons. The molecule has 0 aliphatic carbocycles. The monoisotopic (exact) mass is 449 g/mol. The van der Waals surface area contributed by atoms with Gasteiger partial charge in [-0.3, -0.25) is 4.98 Å². The highest BCUT2D eigenvalue weighted by atomic mass is 32.1. The average Bonchev–Trinajstić information content (AvgIpc) is 3.28. The number of thiocarbonyl (C=S) groups is 1. The van der Waals surface area contributed by atoms with Gasteiger partial charge in [-0.25, -0.2) is 0 Å². The first kappa shape index (κ1) is 22.3. The van der Waals surface area contributed by atoms with Crippen LogP contribution in [-0.4, -0.2) is 42.5 Å². The highest BCUT2D eigenvalue weighted by Gasteiger charge is 2.42. The minimum Gasteiger partial charge on any atom is -0.383 e. The van der Waals surface area contributed by atoms with E-state index in [0.29, 0.717) is 11.7 Å². The van der Waals surface area contributed by atoms with Crippen molar-refractivity contribution in [1.82, 2.24) is 14.9 Å². The number of hydrogen-bond acceptors (Lipinski definition) is 4. The van der Waals surface area contributed by atoms with Gasteiger partial charge in [0.2, 0.25) is 0 Å². The summed E-state index contributed by atoms with van der Waals surface area (Å²) in [6, 6.07) is 16.8. The molecule has 0 saturated carbocycles. The molecule has 1 aromatic carbocycles. The van der Waals surface area contributed by atoms with Gasteiger partial charge in [-0.2, -0.15) is 0 Å². The lowest BCUT2D eigenvalue weighted by Gasteiger charge is -2.28. The first-order chi connectivity index (χ1) is 15.4. The molecular weight excluding hydrogens is 418 g/mol. The third kappa shape index (κ3) is 4.10. The summed E-state index contributed by atoms with van der Waals surface area (Å²) in [5.74, 6) is 0. The van der Waals surface area contributed by atoms with Crippen molar-refractivity contribution in [3.05, 3.63) is 77.4 Å². The summed E-state index contributed by atoms with van der Waals surface area (Å²) in [5, 5.41) is 4.27. The van der Waals surface area contributed by atoms with Crippen molar-refractivity contribution in [1.29, 1.82) is 0 Å². The van der Waals surface area contributed by atoms with Gasteiger partial charge in [0.25, 0.3) is 0 Å². The molecule has 4 rings (SSSR count). The highest BCUT2D eigenvalue weighted by molar-refractivity contribution is 7.80. The van der Waals surface area contributed by atoms with Crippen molar-refractivity contribution >= 4 is 28.7 Å². The first-order valence-corrected chi connectivity index (χ1v) is 11.3. The van der Waals surface area contributed by atoms with Gasteiger partial charge in [-0.15, -0.1) is 0 Å². The molecule has 3 heterocycles. The Bertz CT molecular complexity index is 1080. The topological polar surface area (TPSA) is 45.6 Å². The number of pyridine rings is 1. The zero-order valence-corrected chi connectivity index (χ0v) is 20.2. The molecule has 2 unspecified atom stereocenters. The number of nitrogens with zero attached hydrogens (tertiary/aromatic N) is 4. The zero-order valence-electron chi connectivity index (χ0n) is 19.4. The lowest BCUT2D eigenvalue weighted by atomic mass is 9.96. The number of hydrogen-bond donors (Lipinski definition) is 1. The lowest BCUT2D eigenvalue weighted by Crippen LogP contribution is -2.29. The number of aryl methyl sites for hydroxylation is 1. The minimum atomic E-state index is -0.0476. The molecule has 3 aromatic rings. The molecule has 0 radical (unpaired) electrons. The van der Waals surface area contributed by atoms with Crippen molar-refractivity contribution in [3.63, 3.8) is 0 Å². The quantitative estimate of drug-likeness (QED) is 0.540. The maximum atomic E-state index is 5.86. The smallest absolute Gasteiger partial charge is 0.174 e. The fourth-order valence-corrected chi connectivity index (χ4v) is 4.86. The molecule has 0 amide bonds. The van der Waals surface area contributed by atoms with Crippen molar-refractivity contribution in [3.8, 4) is 0 Å². The zero-order chi connectivity index (χ0) is 22.8. The second kappa shape index (κ2) is 9.30. The Hall–Kier alpha value is -2.90. The van der Waals surface area contributed by atoms with E-state index < -0.39 is 0 Å². The molecule has 0 spiro atoms. The molecule has 32 heavy (non-hydrogen) atoms. The maximum Gasteiger partial charge on any atom is 0.174 e.